The number of pyridine rings is 1. The number of rotatable bonds is 14. The molecule has 4 aromatic carbocycles. The van der Waals surface area contributed by atoms with E-state index >= 15 is 0 Å². The van der Waals surface area contributed by atoms with Crippen LogP contribution in [0, 0.1) is 0 Å². The van der Waals surface area contributed by atoms with Gasteiger partial charge in [0.2, 0.25) is 11.5 Å². The summed E-state index contributed by atoms with van der Waals surface area (Å²) in [6, 6.07) is 29.7. The van der Waals surface area contributed by atoms with Gasteiger partial charge < -0.3 is 45.0 Å². The van der Waals surface area contributed by atoms with E-state index in [1.807, 2.05) is 66.7 Å². The summed E-state index contributed by atoms with van der Waals surface area (Å²) in [5.41, 5.74) is 6.00. The summed E-state index contributed by atoms with van der Waals surface area (Å²) < 4.78 is 38.3. The van der Waals surface area contributed by atoms with Crippen molar-refractivity contribution in [3.05, 3.63) is 124 Å². The Morgan fingerprint density at radius 3 is 2.25 bits per heavy atom. The Labute approximate surface area is 350 Å². The van der Waals surface area contributed by atoms with E-state index in [4.69, 9.17) is 14.6 Å². The normalized spacial score (nSPS) is 14.3. The number of carboxylic acid groups (broad SMARTS) is 1. The van der Waals surface area contributed by atoms with Crippen molar-refractivity contribution in [3.63, 3.8) is 0 Å². The second-order valence-corrected chi connectivity index (χ2v) is 15.5. The molecule has 1 aliphatic rings. The maximum Gasteiger partial charge on any atom is 0.430 e. The van der Waals surface area contributed by atoms with Gasteiger partial charge in [0.25, 0.3) is 0 Å². The maximum absolute atomic E-state index is 13.0. The van der Waals surface area contributed by atoms with Gasteiger partial charge in [0, 0.05) is 55.1 Å². The second kappa shape index (κ2) is 20.8. The highest BCUT2D eigenvalue weighted by Gasteiger charge is 2.29. The standard InChI is InChI=1S/C43H49N5O6.C2HF3O2/c1-48(2)24-22-33(23-25-48)54-43(53)46-37-26-29(14-17-34(37)31-9-4-3-5-10-31)8-6-7-11-40(51)45-32-15-12-30(13-16-32)27-44-28-39(50)35-18-20-38(49)42-36(35)19-21-41(52)47-42;3-2(4,5)1(6)7/h3-5,9-10,12-21,26,33,39,44,50H,6-8,11,22-25,27-28H2,1-2H3,(H3-,45,46,47,49,51,52,53);(H,6,7)/t39-;/m0./s1. The highest BCUT2D eigenvalue weighted by atomic mass is 19.4. The predicted molar refractivity (Wildman–Crippen MR) is 223 cm³/mol. The smallest absolute Gasteiger partial charge is 0.430 e. The van der Waals surface area contributed by atoms with Crippen LogP contribution in [0.4, 0.5) is 29.3 Å². The third-order valence-electron chi connectivity index (χ3n) is 10.3. The number of nitrogens with one attached hydrogen (secondary N) is 4. The van der Waals surface area contributed by atoms with E-state index in [9.17, 15) is 37.8 Å². The van der Waals surface area contributed by atoms with Crippen molar-refractivity contribution in [1.29, 1.82) is 0 Å². The molecule has 6 rings (SSSR count). The number of benzene rings is 4. The lowest BCUT2D eigenvalue weighted by atomic mass is 9.99. The van der Waals surface area contributed by atoms with E-state index in [1.54, 1.807) is 12.1 Å². The molecule has 13 nitrogen and oxygen atoms in total. The first-order valence-electron chi connectivity index (χ1n) is 19.9. The van der Waals surface area contributed by atoms with Gasteiger partial charge in [-0.15, -0.1) is 0 Å². The SMILES string of the molecule is C[N+]1(C)CCC(OC(=O)Nc2cc(CCCCC(=O)Nc3ccc(CNC[C@H](O)c4ccc(O)c5[nH]c(=O)ccc45)cc3)ccc2-c2ccccc2)CC1.O=C([O-])C(F)(F)F. The summed E-state index contributed by atoms with van der Waals surface area (Å²) in [4.78, 5) is 48.8. The number of aliphatic hydroxyl groups is 1. The van der Waals surface area contributed by atoms with Crippen molar-refractivity contribution in [3.8, 4) is 16.9 Å². The zero-order valence-electron chi connectivity index (χ0n) is 33.9. The first-order valence-corrected chi connectivity index (χ1v) is 19.9. The molecule has 0 saturated carbocycles. The number of H-pyrrole nitrogens is 1. The lowest BCUT2D eigenvalue weighted by Crippen LogP contribution is -2.48. The number of ether oxygens (including phenoxy) is 1. The average Bonchev–Trinajstić information content (AvgIpc) is 3.21. The Hall–Kier alpha value is -6.23. The monoisotopic (exact) mass is 845 g/mol. The quantitative estimate of drug-likeness (QED) is 0.0561. The van der Waals surface area contributed by atoms with Crippen LogP contribution in [-0.4, -0.2) is 83.7 Å². The number of quaternary nitrogens is 1. The number of carbonyl (C=O) groups is 3. The molecule has 2 amide bonds. The number of halogens is 3. The molecule has 1 saturated heterocycles. The van der Waals surface area contributed by atoms with E-state index in [1.165, 1.54) is 12.1 Å². The van der Waals surface area contributed by atoms with Crippen LogP contribution < -0.4 is 26.6 Å². The lowest BCUT2D eigenvalue weighted by molar-refractivity contribution is -0.896. The summed E-state index contributed by atoms with van der Waals surface area (Å²) in [5.74, 6) is -3.11. The Morgan fingerprint density at radius 2 is 1.57 bits per heavy atom. The number of carbonyl (C=O) groups excluding carboxylic acids is 3. The molecule has 1 atom stereocenters. The van der Waals surface area contributed by atoms with Gasteiger partial charge in [-0.25, -0.2) is 4.79 Å². The van der Waals surface area contributed by atoms with E-state index in [0.717, 1.165) is 65.5 Å². The Kier molecular flexibility index (Phi) is 15.7. The number of aliphatic hydroxyl groups excluding tert-OH is 1. The molecule has 0 bridgehead atoms. The van der Waals surface area contributed by atoms with Crippen molar-refractivity contribution in [2.75, 3.05) is 44.4 Å². The number of anilines is 2. The Morgan fingerprint density at radius 1 is 0.902 bits per heavy atom. The third-order valence-corrected chi connectivity index (χ3v) is 10.3. The van der Waals surface area contributed by atoms with Gasteiger partial charge in [-0.3, -0.25) is 14.9 Å². The fourth-order valence-corrected chi connectivity index (χ4v) is 6.93. The van der Waals surface area contributed by atoms with Gasteiger partial charge in [0.15, 0.2) is 0 Å². The number of piperidine rings is 1. The average molecular weight is 846 g/mol. The fourth-order valence-electron chi connectivity index (χ4n) is 6.93. The van der Waals surface area contributed by atoms with Crippen LogP contribution in [0.15, 0.2) is 102 Å². The van der Waals surface area contributed by atoms with Crippen LogP contribution in [0.5, 0.6) is 5.75 Å². The number of carboxylic acids is 1. The summed E-state index contributed by atoms with van der Waals surface area (Å²) in [6.45, 7) is 2.72. The number of nitrogens with zero attached hydrogens (tertiary/aromatic N) is 1. The third kappa shape index (κ3) is 13.9. The molecule has 1 aliphatic heterocycles. The van der Waals surface area contributed by atoms with Crippen molar-refractivity contribution >= 4 is 40.2 Å². The molecule has 5 aromatic rings. The number of amides is 2. The largest absolute Gasteiger partial charge is 0.542 e. The molecule has 324 valence electrons. The number of unbranched alkanes of at least 4 members (excludes halogenated alkanes) is 1. The zero-order chi connectivity index (χ0) is 44.2. The minimum Gasteiger partial charge on any atom is -0.542 e. The number of aromatic nitrogens is 1. The number of phenolic OH excluding ortho intramolecular Hbond substituents is 1. The molecule has 0 aliphatic carbocycles. The Balaban J connectivity index is 0.000000925. The summed E-state index contributed by atoms with van der Waals surface area (Å²) in [7, 11) is 4.40. The molecular formula is C45H50F3N5O8. The predicted octanol–water partition coefficient (Wildman–Crippen LogP) is 6.16. The van der Waals surface area contributed by atoms with Crippen LogP contribution in [0.3, 0.4) is 0 Å². The molecule has 1 fully saturated rings. The van der Waals surface area contributed by atoms with Gasteiger partial charge in [0.1, 0.15) is 17.8 Å². The molecule has 16 heteroatoms. The van der Waals surface area contributed by atoms with Crippen molar-refractivity contribution in [2.45, 2.75) is 63.5 Å². The Bertz CT molecular complexity index is 2330. The van der Waals surface area contributed by atoms with E-state index in [0.29, 0.717) is 47.2 Å². The number of likely N-dealkylation sites (tertiary alicyclic amines) is 1. The summed E-state index contributed by atoms with van der Waals surface area (Å²) in [6.07, 6.45) is -2.18. The second-order valence-electron chi connectivity index (χ2n) is 15.5. The number of aromatic hydroxyl groups is 1. The number of phenols is 1. The lowest BCUT2D eigenvalue weighted by Gasteiger charge is -2.36. The molecule has 0 unspecified atom stereocenters. The topological polar surface area (TPSA) is 193 Å². The van der Waals surface area contributed by atoms with Gasteiger partial charge in [-0.1, -0.05) is 60.7 Å². The minimum atomic E-state index is -5.19. The van der Waals surface area contributed by atoms with Crippen molar-refractivity contribution < 1.29 is 52.1 Å². The van der Waals surface area contributed by atoms with Crippen LogP contribution in [0.25, 0.3) is 22.0 Å². The van der Waals surface area contributed by atoms with Crippen LogP contribution >= 0.6 is 0 Å². The fraction of sp³-hybridized carbons (Fsp3) is 0.333. The van der Waals surface area contributed by atoms with Gasteiger partial charge in [-0.2, -0.15) is 13.2 Å². The molecule has 2 heterocycles. The first-order chi connectivity index (χ1) is 29.0. The van der Waals surface area contributed by atoms with E-state index < -0.39 is 24.3 Å². The van der Waals surface area contributed by atoms with Crippen molar-refractivity contribution in [1.82, 2.24) is 10.3 Å². The highest BCUT2D eigenvalue weighted by molar-refractivity contribution is 5.92. The first kappa shape index (κ1) is 45.8. The number of aliphatic carboxylic acids is 1. The molecule has 1 aromatic heterocycles. The van der Waals surface area contributed by atoms with Crippen LogP contribution in [0.2, 0.25) is 0 Å². The zero-order valence-corrected chi connectivity index (χ0v) is 33.9. The van der Waals surface area contributed by atoms with Crippen LogP contribution in [-0.2, 0) is 27.3 Å². The summed E-state index contributed by atoms with van der Waals surface area (Å²) in [5, 5.41) is 39.5. The molecule has 61 heavy (non-hydrogen) atoms. The number of aromatic amines is 1. The summed E-state index contributed by atoms with van der Waals surface area (Å²) >= 11 is 0. The molecule has 0 radical (unpaired) electrons. The molecule has 0 spiro atoms. The number of alkyl halides is 3. The van der Waals surface area contributed by atoms with E-state index in [-0.39, 0.29) is 29.9 Å². The minimum absolute atomic E-state index is 0.0507. The molecule has 6 N–H and O–H groups in total. The van der Waals surface area contributed by atoms with Gasteiger partial charge >= 0.3 is 12.3 Å². The molecular weight excluding hydrogens is 796 g/mol. The highest BCUT2D eigenvalue weighted by Crippen LogP contribution is 2.31. The van der Waals surface area contributed by atoms with Crippen molar-refractivity contribution in [2.24, 2.45) is 0 Å². The van der Waals surface area contributed by atoms with Gasteiger partial charge in [0.05, 0.1) is 44.5 Å². The maximum atomic E-state index is 13.0. The van der Waals surface area contributed by atoms with Gasteiger partial charge in [-0.05, 0) is 71.8 Å². The number of fused-ring (bicyclic) bond motifs is 1. The number of aryl methyl sites for hydroxylation is 1. The number of hydrogen-bond donors (Lipinski definition) is 6. The van der Waals surface area contributed by atoms with Crippen LogP contribution in [0.1, 0.15) is 54.9 Å². The van der Waals surface area contributed by atoms with E-state index in [2.05, 4.69) is 41.1 Å². The number of hydrogen-bond acceptors (Lipinski definition) is 9.